The van der Waals surface area contributed by atoms with Crippen molar-refractivity contribution in [1.82, 2.24) is 14.1 Å². The van der Waals surface area contributed by atoms with Gasteiger partial charge >= 0.3 is 0 Å². The first kappa shape index (κ1) is 19.9. The molecule has 7 nitrogen and oxygen atoms in total. The first-order valence-corrected chi connectivity index (χ1v) is 11.1. The second-order valence-electron chi connectivity index (χ2n) is 6.58. The second kappa shape index (κ2) is 8.00. The van der Waals surface area contributed by atoms with Crippen LogP contribution in [-0.4, -0.2) is 54.4 Å². The van der Waals surface area contributed by atoms with Crippen LogP contribution in [0, 0.1) is 0 Å². The van der Waals surface area contributed by atoms with E-state index < -0.39 is 10.0 Å². The van der Waals surface area contributed by atoms with E-state index in [2.05, 4.69) is 5.10 Å². The molecule has 1 aromatic heterocycles. The Morgan fingerprint density at radius 3 is 2.41 bits per heavy atom. The number of anilines is 1. The molecule has 0 amide bonds. The van der Waals surface area contributed by atoms with Crippen molar-refractivity contribution < 1.29 is 8.42 Å². The molecule has 0 atom stereocenters. The van der Waals surface area contributed by atoms with Crippen molar-refractivity contribution in [1.29, 1.82) is 0 Å². The van der Waals surface area contributed by atoms with Crippen molar-refractivity contribution in [2.75, 3.05) is 30.8 Å². The van der Waals surface area contributed by atoms with E-state index >= 15 is 0 Å². The van der Waals surface area contributed by atoms with Crippen LogP contribution in [0.2, 0.25) is 5.02 Å². The maximum Gasteiger partial charge on any atom is 0.292 e. The fourth-order valence-corrected chi connectivity index (χ4v) is 5.03. The second-order valence-corrected chi connectivity index (χ2v) is 8.89. The Labute approximate surface area is 164 Å². The SMILES string of the molecule is CCN(C1CCN(c2cnn(-c3ccccc3)c(=O)c2Cl)CC1)S(C)(=O)=O. The zero-order valence-electron chi connectivity index (χ0n) is 15.4. The molecule has 0 N–H and O–H groups in total. The number of para-hydroxylation sites is 1. The summed E-state index contributed by atoms with van der Waals surface area (Å²) in [5.74, 6) is 0. The molecule has 27 heavy (non-hydrogen) atoms. The third-order valence-corrected chi connectivity index (χ3v) is 6.61. The van der Waals surface area contributed by atoms with Crippen LogP contribution in [0.3, 0.4) is 0 Å². The third-order valence-electron chi connectivity index (χ3n) is 4.85. The molecule has 0 radical (unpaired) electrons. The Kier molecular flexibility index (Phi) is 5.88. The lowest BCUT2D eigenvalue weighted by Gasteiger charge is -2.38. The smallest absolute Gasteiger partial charge is 0.292 e. The van der Waals surface area contributed by atoms with E-state index in [-0.39, 0.29) is 16.6 Å². The van der Waals surface area contributed by atoms with Gasteiger partial charge in [0.25, 0.3) is 5.56 Å². The Balaban J connectivity index is 1.79. The fraction of sp³-hybridized carbons (Fsp3) is 0.444. The summed E-state index contributed by atoms with van der Waals surface area (Å²) < 4.78 is 26.7. The highest BCUT2D eigenvalue weighted by atomic mass is 35.5. The van der Waals surface area contributed by atoms with Gasteiger partial charge in [-0.2, -0.15) is 14.1 Å². The van der Waals surface area contributed by atoms with Gasteiger partial charge in [-0.05, 0) is 25.0 Å². The molecule has 0 unspecified atom stereocenters. The van der Waals surface area contributed by atoms with Crippen molar-refractivity contribution in [3.63, 3.8) is 0 Å². The first-order valence-electron chi connectivity index (χ1n) is 8.88. The minimum Gasteiger partial charge on any atom is -0.369 e. The summed E-state index contributed by atoms with van der Waals surface area (Å²) in [4.78, 5) is 14.6. The van der Waals surface area contributed by atoms with E-state index in [0.29, 0.717) is 43.9 Å². The van der Waals surface area contributed by atoms with Crippen molar-refractivity contribution in [2.45, 2.75) is 25.8 Å². The molecular weight excluding hydrogens is 388 g/mol. The van der Waals surface area contributed by atoms with Crippen LogP contribution in [0.4, 0.5) is 5.69 Å². The van der Waals surface area contributed by atoms with Gasteiger partial charge in [-0.1, -0.05) is 36.7 Å². The van der Waals surface area contributed by atoms with Crippen LogP contribution in [-0.2, 0) is 10.0 Å². The quantitative estimate of drug-likeness (QED) is 0.754. The molecule has 1 saturated heterocycles. The van der Waals surface area contributed by atoms with Crippen LogP contribution < -0.4 is 10.5 Å². The molecule has 146 valence electrons. The normalized spacial score (nSPS) is 16.1. The van der Waals surface area contributed by atoms with E-state index in [0.717, 1.165) is 0 Å². The van der Waals surface area contributed by atoms with Crippen LogP contribution in [0.15, 0.2) is 41.3 Å². The van der Waals surface area contributed by atoms with E-state index in [1.54, 1.807) is 18.3 Å². The summed E-state index contributed by atoms with van der Waals surface area (Å²) in [6.45, 7) is 3.54. The zero-order valence-corrected chi connectivity index (χ0v) is 16.9. The summed E-state index contributed by atoms with van der Waals surface area (Å²) in [5, 5.41) is 4.39. The van der Waals surface area contributed by atoms with Crippen molar-refractivity contribution in [3.8, 4) is 5.69 Å². The Hall–Kier alpha value is -1.90. The van der Waals surface area contributed by atoms with Crippen molar-refractivity contribution in [3.05, 3.63) is 51.9 Å². The topological polar surface area (TPSA) is 75.5 Å². The molecule has 2 heterocycles. The minimum absolute atomic E-state index is 0.0299. The molecule has 0 spiro atoms. The lowest BCUT2D eigenvalue weighted by Crippen LogP contribution is -2.47. The fourth-order valence-electron chi connectivity index (χ4n) is 3.56. The summed E-state index contributed by atoms with van der Waals surface area (Å²) in [6.07, 6.45) is 4.20. The number of rotatable bonds is 5. The van der Waals surface area contributed by atoms with Crippen LogP contribution in [0.1, 0.15) is 19.8 Å². The molecule has 1 fully saturated rings. The molecule has 0 bridgehead atoms. The van der Waals surface area contributed by atoms with Gasteiger partial charge in [0.05, 0.1) is 23.8 Å². The highest BCUT2D eigenvalue weighted by molar-refractivity contribution is 7.88. The molecule has 0 saturated carbocycles. The molecule has 3 rings (SSSR count). The molecule has 1 aliphatic heterocycles. The third kappa shape index (κ3) is 4.17. The molecule has 0 aliphatic carbocycles. The largest absolute Gasteiger partial charge is 0.369 e. The predicted octanol–water partition coefficient (Wildman–Crippen LogP) is 2.14. The van der Waals surface area contributed by atoms with Gasteiger partial charge in [-0.3, -0.25) is 4.79 Å². The Morgan fingerprint density at radius 1 is 1.22 bits per heavy atom. The maximum absolute atomic E-state index is 12.6. The summed E-state index contributed by atoms with van der Waals surface area (Å²) in [6, 6.07) is 9.08. The van der Waals surface area contributed by atoms with Crippen LogP contribution >= 0.6 is 11.6 Å². The average Bonchev–Trinajstić information content (AvgIpc) is 2.65. The van der Waals surface area contributed by atoms with Gasteiger partial charge in [0, 0.05) is 25.7 Å². The van der Waals surface area contributed by atoms with Crippen LogP contribution in [0.25, 0.3) is 5.69 Å². The van der Waals surface area contributed by atoms with Gasteiger partial charge in [0.1, 0.15) is 5.02 Å². The summed E-state index contributed by atoms with van der Waals surface area (Å²) >= 11 is 6.36. The monoisotopic (exact) mass is 410 g/mol. The standard InChI is InChI=1S/C18H23ClN4O3S/c1-3-22(27(2,25)26)14-9-11-21(12-10-14)16-13-20-23(18(24)17(16)19)15-7-5-4-6-8-15/h4-8,13-14H,3,9-12H2,1-2H3. The number of hydrogen-bond donors (Lipinski definition) is 0. The number of benzene rings is 1. The highest BCUT2D eigenvalue weighted by Crippen LogP contribution is 2.27. The molecule has 1 aromatic carbocycles. The number of sulfonamides is 1. The van der Waals surface area contributed by atoms with E-state index in [4.69, 9.17) is 11.6 Å². The Bertz CT molecular complexity index is 954. The van der Waals surface area contributed by atoms with Gasteiger partial charge in [0.2, 0.25) is 10.0 Å². The van der Waals surface area contributed by atoms with E-state index in [9.17, 15) is 13.2 Å². The molecular formula is C18H23ClN4O3S. The van der Waals surface area contributed by atoms with Gasteiger partial charge in [0.15, 0.2) is 0 Å². The lowest BCUT2D eigenvalue weighted by molar-refractivity contribution is 0.285. The summed E-state index contributed by atoms with van der Waals surface area (Å²) in [5.41, 5.74) is 0.880. The number of hydrogen-bond acceptors (Lipinski definition) is 5. The van der Waals surface area contributed by atoms with Gasteiger partial charge in [-0.25, -0.2) is 8.42 Å². The number of nitrogens with zero attached hydrogens (tertiary/aromatic N) is 4. The van der Waals surface area contributed by atoms with Gasteiger partial charge in [-0.15, -0.1) is 0 Å². The van der Waals surface area contributed by atoms with E-state index in [1.807, 2.05) is 30.0 Å². The Morgan fingerprint density at radius 2 is 1.85 bits per heavy atom. The number of aromatic nitrogens is 2. The maximum atomic E-state index is 12.6. The van der Waals surface area contributed by atoms with Crippen molar-refractivity contribution >= 4 is 27.3 Å². The molecule has 2 aromatic rings. The van der Waals surface area contributed by atoms with Gasteiger partial charge < -0.3 is 4.90 Å². The molecule has 9 heteroatoms. The predicted molar refractivity (Wildman–Crippen MR) is 107 cm³/mol. The van der Waals surface area contributed by atoms with Crippen LogP contribution in [0.5, 0.6) is 0 Å². The molecule has 1 aliphatic rings. The lowest BCUT2D eigenvalue weighted by atomic mass is 10.0. The van der Waals surface area contributed by atoms with E-state index in [1.165, 1.54) is 15.2 Å². The number of piperidine rings is 1. The highest BCUT2D eigenvalue weighted by Gasteiger charge is 2.30. The first-order chi connectivity index (χ1) is 12.8. The zero-order chi connectivity index (χ0) is 19.6. The average molecular weight is 411 g/mol. The number of halogens is 1. The minimum atomic E-state index is -3.22. The summed E-state index contributed by atoms with van der Waals surface area (Å²) in [7, 11) is -3.22. The van der Waals surface area contributed by atoms with Crippen molar-refractivity contribution in [2.24, 2.45) is 0 Å².